The van der Waals surface area contributed by atoms with Crippen LogP contribution in [0.25, 0.3) is 0 Å². The molecule has 0 saturated carbocycles. The van der Waals surface area contributed by atoms with Crippen LogP contribution in [0, 0.1) is 17.5 Å². The van der Waals surface area contributed by atoms with Crippen LogP contribution in [0.2, 0.25) is 0 Å². The molecule has 0 radical (unpaired) electrons. The highest BCUT2D eigenvalue weighted by molar-refractivity contribution is 7.80. The molecule has 0 bridgehead atoms. The third-order valence-electron chi connectivity index (χ3n) is 1.79. The van der Waals surface area contributed by atoms with E-state index < -0.39 is 17.5 Å². The molecule has 6 heteroatoms. The highest BCUT2D eigenvalue weighted by atomic mass is 32.1. The molecule has 88 valence electrons. The Morgan fingerprint density at radius 3 is 2.44 bits per heavy atom. The van der Waals surface area contributed by atoms with Gasteiger partial charge >= 0.3 is 0 Å². The van der Waals surface area contributed by atoms with E-state index in [1.807, 2.05) is 6.92 Å². The predicted octanol–water partition coefficient (Wildman–Crippen LogP) is 2.80. The molecule has 1 aromatic rings. The molecule has 2 nitrogen and oxygen atoms in total. The fourth-order valence-electron chi connectivity index (χ4n) is 1.02. The number of hydrogen-bond acceptors (Lipinski definition) is 1. The lowest BCUT2D eigenvalue weighted by atomic mass is 10.3. The maximum absolute atomic E-state index is 13.2. The molecule has 0 unspecified atom stereocenters. The summed E-state index contributed by atoms with van der Waals surface area (Å²) in [6.07, 6.45) is 0.849. The van der Waals surface area contributed by atoms with Gasteiger partial charge < -0.3 is 10.6 Å². The largest absolute Gasteiger partial charge is 0.362 e. The van der Waals surface area contributed by atoms with Gasteiger partial charge in [-0.3, -0.25) is 0 Å². The summed E-state index contributed by atoms with van der Waals surface area (Å²) >= 11 is 4.83. The van der Waals surface area contributed by atoms with E-state index in [4.69, 9.17) is 12.2 Å². The molecule has 0 spiro atoms. The topological polar surface area (TPSA) is 24.1 Å². The highest BCUT2D eigenvalue weighted by Gasteiger charge is 2.10. The molecule has 2 N–H and O–H groups in total. The van der Waals surface area contributed by atoms with E-state index in [1.165, 1.54) is 0 Å². The Bertz CT molecular complexity index is 396. The van der Waals surface area contributed by atoms with Crippen molar-refractivity contribution in [1.82, 2.24) is 5.32 Å². The fourth-order valence-corrected chi connectivity index (χ4v) is 1.24. The van der Waals surface area contributed by atoms with Crippen molar-refractivity contribution >= 4 is 23.0 Å². The van der Waals surface area contributed by atoms with Gasteiger partial charge in [0.25, 0.3) is 0 Å². The molecule has 0 aliphatic rings. The van der Waals surface area contributed by atoms with Crippen molar-refractivity contribution in [3.63, 3.8) is 0 Å². The van der Waals surface area contributed by atoms with Crippen molar-refractivity contribution in [2.24, 2.45) is 0 Å². The predicted molar refractivity (Wildman–Crippen MR) is 60.8 cm³/mol. The van der Waals surface area contributed by atoms with Crippen LogP contribution >= 0.6 is 12.2 Å². The summed E-state index contributed by atoms with van der Waals surface area (Å²) in [6.45, 7) is 2.56. The first kappa shape index (κ1) is 12.8. The second-order valence-corrected chi connectivity index (χ2v) is 3.54. The molecule has 0 atom stereocenters. The summed E-state index contributed by atoms with van der Waals surface area (Å²) in [5, 5.41) is 5.40. The smallest absolute Gasteiger partial charge is 0.170 e. The zero-order valence-corrected chi connectivity index (χ0v) is 9.43. The third kappa shape index (κ3) is 3.37. The first-order valence-electron chi connectivity index (χ1n) is 4.74. The van der Waals surface area contributed by atoms with Crippen LogP contribution in [-0.4, -0.2) is 11.7 Å². The molecule has 0 saturated heterocycles. The minimum atomic E-state index is -1.23. The molecule has 1 aromatic carbocycles. The standard InChI is InChI=1S/C10H11F3N2S/c1-2-3-14-10(16)15-9-5-7(12)6(11)4-8(9)13/h4-5H,2-3H2,1H3,(H2,14,15,16). The Kier molecular flexibility index (Phi) is 4.54. The van der Waals surface area contributed by atoms with Crippen molar-refractivity contribution in [2.45, 2.75) is 13.3 Å². The maximum atomic E-state index is 13.2. The molecule has 0 aromatic heterocycles. The molecular weight excluding hydrogens is 237 g/mol. The average molecular weight is 248 g/mol. The number of thiocarbonyl (C=S) groups is 1. The SMILES string of the molecule is CCCNC(=S)Nc1cc(F)c(F)cc1F. The molecular formula is C10H11F3N2S. The van der Waals surface area contributed by atoms with Crippen LogP contribution in [0.3, 0.4) is 0 Å². The van der Waals surface area contributed by atoms with E-state index in [1.54, 1.807) is 0 Å². The van der Waals surface area contributed by atoms with E-state index in [0.717, 1.165) is 12.5 Å². The van der Waals surface area contributed by atoms with Gasteiger partial charge in [0, 0.05) is 18.7 Å². The molecule has 0 aliphatic heterocycles. The molecule has 0 fully saturated rings. The van der Waals surface area contributed by atoms with Gasteiger partial charge in [0.2, 0.25) is 0 Å². The second-order valence-electron chi connectivity index (χ2n) is 3.13. The lowest BCUT2D eigenvalue weighted by molar-refractivity contribution is 0.496. The number of benzene rings is 1. The number of halogens is 3. The van der Waals surface area contributed by atoms with Crippen LogP contribution < -0.4 is 10.6 Å². The van der Waals surface area contributed by atoms with Gasteiger partial charge in [-0.15, -0.1) is 0 Å². The Labute approximate surface area is 96.8 Å². The van der Waals surface area contributed by atoms with E-state index in [2.05, 4.69) is 10.6 Å². The van der Waals surface area contributed by atoms with Crippen molar-refractivity contribution in [2.75, 3.05) is 11.9 Å². The van der Waals surface area contributed by atoms with Crippen LogP contribution in [0.4, 0.5) is 18.9 Å². The number of hydrogen-bond donors (Lipinski definition) is 2. The number of anilines is 1. The van der Waals surface area contributed by atoms with Crippen molar-refractivity contribution < 1.29 is 13.2 Å². The van der Waals surface area contributed by atoms with Gasteiger partial charge in [0.05, 0.1) is 5.69 Å². The van der Waals surface area contributed by atoms with Gasteiger partial charge in [-0.2, -0.15) is 0 Å². The first-order valence-corrected chi connectivity index (χ1v) is 5.14. The summed E-state index contributed by atoms with van der Waals surface area (Å²) < 4.78 is 38.6. The van der Waals surface area contributed by atoms with E-state index in [-0.39, 0.29) is 10.8 Å². The molecule has 16 heavy (non-hydrogen) atoms. The van der Waals surface area contributed by atoms with Gasteiger partial charge in [-0.1, -0.05) is 6.92 Å². The van der Waals surface area contributed by atoms with Gasteiger partial charge in [0.15, 0.2) is 16.7 Å². The van der Waals surface area contributed by atoms with Crippen molar-refractivity contribution in [1.29, 1.82) is 0 Å². The fraction of sp³-hybridized carbons (Fsp3) is 0.300. The lowest BCUT2D eigenvalue weighted by Gasteiger charge is -2.10. The quantitative estimate of drug-likeness (QED) is 0.635. The molecule has 0 heterocycles. The van der Waals surface area contributed by atoms with Crippen molar-refractivity contribution in [3.05, 3.63) is 29.6 Å². The zero-order chi connectivity index (χ0) is 12.1. The Balaban J connectivity index is 2.73. The summed E-state index contributed by atoms with van der Waals surface area (Å²) in [5.41, 5.74) is -0.187. The Hall–Kier alpha value is -1.30. The molecule has 1 rings (SSSR count). The van der Waals surface area contributed by atoms with Gasteiger partial charge in [-0.25, -0.2) is 13.2 Å². The Morgan fingerprint density at radius 2 is 1.81 bits per heavy atom. The summed E-state index contributed by atoms with van der Waals surface area (Å²) in [6, 6.07) is 1.20. The summed E-state index contributed by atoms with van der Waals surface area (Å²) in [5.74, 6) is -3.24. The lowest BCUT2D eigenvalue weighted by Crippen LogP contribution is -2.29. The second kappa shape index (κ2) is 5.69. The molecule has 0 amide bonds. The van der Waals surface area contributed by atoms with Crippen LogP contribution in [-0.2, 0) is 0 Å². The van der Waals surface area contributed by atoms with Crippen LogP contribution in [0.5, 0.6) is 0 Å². The molecule has 0 aliphatic carbocycles. The highest BCUT2D eigenvalue weighted by Crippen LogP contribution is 2.18. The normalized spacial score (nSPS) is 10.0. The summed E-state index contributed by atoms with van der Waals surface area (Å²) in [7, 11) is 0. The maximum Gasteiger partial charge on any atom is 0.170 e. The minimum Gasteiger partial charge on any atom is -0.362 e. The number of nitrogens with one attached hydrogen (secondary N) is 2. The van der Waals surface area contributed by atoms with Crippen LogP contribution in [0.15, 0.2) is 12.1 Å². The van der Waals surface area contributed by atoms with Gasteiger partial charge in [-0.05, 0) is 18.6 Å². The zero-order valence-electron chi connectivity index (χ0n) is 8.61. The summed E-state index contributed by atoms with van der Waals surface area (Å²) in [4.78, 5) is 0. The van der Waals surface area contributed by atoms with E-state index in [9.17, 15) is 13.2 Å². The monoisotopic (exact) mass is 248 g/mol. The Morgan fingerprint density at radius 1 is 1.19 bits per heavy atom. The van der Waals surface area contributed by atoms with Gasteiger partial charge in [0.1, 0.15) is 5.82 Å². The minimum absolute atomic E-state index is 0.173. The van der Waals surface area contributed by atoms with E-state index in [0.29, 0.717) is 12.6 Å². The number of rotatable bonds is 3. The first-order chi connectivity index (χ1) is 7.54. The van der Waals surface area contributed by atoms with E-state index >= 15 is 0 Å². The van der Waals surface area contributed by atoms with Crippen LogP contribution in [0.1, 0.15) is 13.3 Å². The third-order valence-corrected chi connectivity index (χ3v) is 2.04. The average Bonchev–Trinajstić information content (AvgIpc) is 2.23. The van der Waals surface area contributed by atoms with Crippen molar-refractivity contribution in [3.8, 4) is 0 Å².